The molecule has 1 heterocycles. The first-order valence-corrected chi connectivity index (χ1v) is 9.73. The number of rotatable bonds is 7. The van der Waals surface area contributed by atoms with E-state index in [-0.39, 0.29) is 41.8 Å². The lowest BCUT2D eigenvalue weighted by Crippen LogP contribution is -2.50. The number of nitrogens with one attached hydrogen (secondary N) is 2. The fraction of sp³-hybridized carbons (Fsp3) is 0.500. The van der Waals surface area contributed by atoms with Gasteiger partial charge < -0.3 is 20.3 Å². The maximum atomic E-state index is 11.8. The summed E-state index contributed by atoms with van der Waals surface area (Å²) >= 11 is 0. The second kappa shape index (κ2) is 13.0. The highest BCUT2D eigenvalue weighted by molar-refractivity contribution is 14.0. The minimum atomic E-state index is -0.420. The molecule has 0 radical (unpaired) electrons. The zero-order chi connectivity index (χ0) is 21.2. The van der Waals surface area contributed by atoms with Crippen molar-refractivity contribution in [3.63, 3.8) is 0 Å². The molecule has 0 spiro atoms. The molecule has 1 fully saturated rings. The molecule has 166 valence electrons. The van der Waals surface area contributed by atoms with E-state index >= 15 is 0 Å². The van der Waals surface area contributed by atoms with E-state index in [0.717, 1.165) is 24.0 Å². The molecular weight excluding hydrogens is 501 g/mol. The van der Waals surface area contributed by atoms with E-state index in [4.69, 9.17) is 4.74 Å². The number of ether oxygens (including phenoxy) is 1. The van der Waals surface area contributed by atoms with Gasteiger partial charge in [0, 0.05) is 37.8 Å². The van der Waals surface area contributed by atoms with Gasteiger partial charge in [0.1, 0.15) is 0 Å². The summed E-state index contributed by atoms with van der Waals surface area (Å²) in [6.07, 6.45) is 1.33. The number of nitro groups is 1. The lowest BCUT2D eigenvalue weighted by molar-refractivity contribution is -0.384. The van der Waals surface area contributed by atoms with E-state index in [9.17, 15) is 14.9 Å². The summed E-state index contributed by atoms with van der Waals surface area (Å²) in [5, 5.41) is 17.4. The SMILES string of the molecule is C=C(C)CNC(=NCc1ccc([N+](=O)[O-])cc1)NC1CCN(C(=O)OCC)CC1.I. The molecule has 0 unspecified atom stereocenters. The van der Waals surface area contributed by atoms with Gasteiger partial charge in [0.15, 0.2) is 5.96 Å². The van der Waals surface area contributed by atoms with Crippen molar-refractivity contribution in [3.05, 3.63) is 52.1 Å². The smallest absolute Gasteiger partial charge is 0.409 e. The number of hydrogen-bond donors (Lipinski definition) is 2. The molecule has 1 saturated heterocycles. The molecule has 1 aliphatic heterocycles. The van der Waals surface area contributed by atoms with E-state index < -0.39 is 4.92 Å². The number of hydrogen-bond acceptors (Lipinski definition) is 5. The van der Waals surface area contributed by atoms with Gasteiger partial charge in [-0.1, -0.05) is 24.3 Å². The first-order valence-electron chi connectivity index (χ1n) is 9.73. The minimum absolute atomic E-state index is 0. The minimum Gasteiger partial charge on any atom is -0.450 e. The maximum absolute atomic E-state index is 11.8. The van der Waals surface area contributed by atoms with Gasteiger partial charge in [-0.2, -0.15) is 0 Å². The Labute approximate surface area is 194 Å². The van der Waals surface area contributed by atoms with Crippen LogP contribution in [-0.4, -0.2) is 54.2 Å². The second-order valence-electron chi connectivity index (χ2n) is 7.00. The molecule has 0 saturated carbocycles. The summed E-state index contributed by atoms with van der Waals surface area (Å²) in [4.78, 5) is 28.5. The van der Waals surface area contributed by atoms with Crippen molar-refractivity contribution in [2.24, 2.45) is 4.99 Å². The lowest BCUT2D eigenvalue weighted by Gasteiger charge is -2.32. The number of piperidine rings is 1. The molecule has 1 aromatic carbocycles. The Morgan fingerprint density at radius 3 is 2.50 bits per heavy atom. The quantitative estimate of drug-likeness (QED) is 0.139. The Bertz CT molecular complexity index is 746. The molecule has 0 bridgehead atoms. The van der Waals surface area contributed by atoms with Crippen molar-refractivity contribution < 1.29 is 14.5 Å². The van der Waals surface area contributed by atoms with Crippen LogP contribution in [0.2, 0.25) is 0 Å². The van der Waals surface area contributed by atoms with Gasteiger partial charge in [0.25, 0.3) is 5.69 Å². The summed E-state index contributed by atoms with van der Waals surface area (Å²) < 4.78 is 5.05. The topological polar surface area (TPSA) is 109 Å². The Morgan fingerprint density at radius 2 is 1.97 bits per heavy atom. The van der Waals surface area contributed by atoms with Crippen LogP contribution in [0.5, 0.6) is 0 Å². The van der Waals surface area contributed by atoms with Gasteiger partial charge in [-0.05, 0) is 32.3 Å². The highest BCUT2D eigenvalue weighted by atomic mass is 127. The van der Waals surface area contributed by atoms with Gasteiger partial charge in [-0.15, -0.1) is 24.0 Å². The summed E-state index contributed by atoms with van der Waals surface area (Å²) in [6.45, 7) is 10.3. The van der Waals surface area contributed by atoms with E-state index in [2.05, 4.69) is 22.2 Å². The third-order valence-corrected chi connectivity index (χ3v) is 4.49. The fourth-order valence-corrected chi connectivity index (χ4v) is 2.90. The standard InChI is InChI=1S/C20H29N5O4.HI/c1-4-29-20(26)24-11-9-17(10-12-24)23-19(21-13-15(2)3)22-14-16-5-7-18(8-6-16)25(27)28;/h5-8,17H,2,4,9-14H2,1,3H3,(H2,21,22,23);1H. The summed E-state index contributed by atoms with van der Waals surface area (Å²) in [7, 11) is 0. The van der Waals surface area contributed by atoms with Gasteiger partial charge in [0.05, 0.1) is 18.1 Å². The second-order valence-corrected chi connectivity index (χ2v) is 7.00. The first-order chi connectivity index (χ1) is 13.9. The molecule has 10 heteroatoms. The van der Waals surface area contributed by atoms with Crippen LogP contribution in [0.1, 0.15) is 32.3 Å². The van der Waals surface area contributed by atoms with Crippen LogP contribution in [-0.2, 0) is 11.3 Å². The number of carbonyl (C=O) groups is 1. The van der Waals surface area contributed by atoms with E-state index in [0.29, 0.717) is 38.7 Å². The van der Waals surface area contributed by atoms with Crippen LogP contribution in [0.25, 0.3) is 0 Å². The Morgan fingerprint density at radius 1 is 1.33 bits per heavy atom. The molecule has 0 aromatic heterocycles. The molecule has 2 N–H and O–H groups in total. The lowest BCUT2D eigenvalue weighted by atomic mass is 10.1. The molecule has 0 atom stereocenters. The molecule has 1 aliphatic rings. The average molecular weight is 531 g/mol. The number of guanidine groups is 1. The highest BCUT2D eigenvalue weighted by Crippen LogP contribution is 2.13. The first kappa shape index (κ1) is 25.7. The van der Waals surface area contributed by atoms with Gasteiger partial charge in [0.2, 0.25) is 0 Å². The predicted octanol–water partition coefficient (Wildman–Crippen LogP) is 3.45. The van der Waals surface area contributed by atoms with Crippen LogP contribution in [0.3, 0.4) is 0 Å². The van der Waals surface area contributed by atoms with Crippen molar-refractivity contribution in [1.82, 2.24) is 15.5 Å². The number of non-ortho nitro benzene ring substituents is 1. The van der Waals surface area contributed by atoms with Crippen LogP contribution < -0.4 is 10.6 Å². The molecule has 30 heavy (non-hydrogen) atoms. The molecule has 0 aliphatic carbocycles. The number of amides is 1. The monoisotopic (exact) mass is 531 g/mol. The zero-order valence-corrected chi connectivity index (χ0v) is 19.8. The number of nitro benzene ring substituents is 1. The van der Waals surface area contributed by atoms with Crippen LogP contribution in [0, 0.1) is 10.1 Å². The number of likely N-dealkylation sites (tertiary alicyclic amines) is 1. The molecule has 9 nitrogen and oxygen atoms in total. The molecule has 1 aromatic rings. The number of carbonyl (C=O) groups excluding carboxylic acids is 1. The van der Waals surface area contributed by atoms with Crippen molar-refractivity contribution in [2.45, 2.75) is 39.3 Å². The van der Waals surface area contributed by atoms with Crippen LogP contribution in [0.4, 0.5) is 10.5 Å². The normalized spacial score (nSPS) is 14.5. The number of benzene rings is 1. The van der Waals surface area contributed by atoms with Crippen molar-refractivity contribution >= 4 is 41.7 Å². The van der Waals surface area contributed by atoms with Gasteiger partial charge >= 0.3 is 6.09 Å². The van der Waals surface area contributed by atoms with E-state index in [1.807, 2.05) is 6.92 Å². The largest absolute Gasteiger partial charge is 0.450 e. The Hall–Kier alpha value is -2.37. The average Bonchev–Trinajstić information content (AvgIpc) is 2.71. The number of halogens is 1. The highest BCUT2D eigenvalue weighted by Gasteiger charge is 2.24. The predicted molar refractivity (Wildman–Crippen MR) is 127 cm³/mol. The van der Waals surface area contributed by atoms with E-state index in [1.165, 1.54) is 12.1 Å². The third-order valence-electron chi connectivity index (χ3n) is 4.49. The molecule has 1 amide bonds. The number of aliphatic imine (C=N–C) groups is 1. The zero-order valence-electron chi connectivity index (χ0n) is 17.4. The van der Waals surface area contributed by atoms with Crippen molar-refractivity contribution in [2.75, 3.05) is 26.2 Å². The fourth-order valence-electron chi connectivity index (χ4n) is 2.90. The van der Waals surface area contributed by atoms with Crippen molar-refractivity contribution in [1.29, 1.82) is 0 Å². The Balaban J connectivity index is 0.00000450. The van der Waals surface area contributed by atoms with Crippen LogP contribution in [0.15, 0.2) is 41.4 Å². The van der Waals surface area contributed by atoms with Gasteiger partial charge in [-0.3, -0.25) is 10.1 Å². The molecular formula is C20H30IN5O4. The molecule has 2 rings (SSSR count). The number of nitrogens with zero attached hydrogens (tertiary/aromatic N) is 3. The summed E-state index contributed by atoms with van der Waals surface area (Å²) in [6, 6.07) is 6.55. The van der Waals surface area contributed by atoms with E-state index in [1.54, 1.807) is 24.0 Å². The Kier molecular flexibility index (Phi) is 11.2. The summed E-state index contributed by atoms with van der Waals surface area (Å²) in [5.41, 5.74) is 1.92. The third kappa shape index (κ3) is 8.56. The van der Waals surface area contributed by atoms with Gasteiger partial charge in [-0.25, -0.2) is 9.79 Å². The maximum Gasteiger partial charge on any atom is 0.409 e. The van der Waals surface area contributed by atoms with Crippen LogP contribution >= 0.6 is 24.0 Å². The summed E-state index contributed by atoms with van der Waals surface area (Å²) in [5.74, 6) is 0.654. The van der Waals surface area contributed by atoms with Crippen molar-refractivity contribution in [3.8, 4) is 0 Å².